The quantitative estimate of drug-likeness (QED) is 0.485. The Hall–Kier alpha value is -2.26. The summed E-state index contributed by atoms with van der Waals surface area (Å²) in [4.78, 5) is 20.3. The fourth-order valence-corrected chi connectivity index (χ4v) is 7.01. The molecule has 3 N–H and O–H groups in total. The average Bonchev–Trinajstić information content (AvgIpc) is 3.28. The topological polar surface area (TPSA) is 109 Å². The van der Waals surface area contributed by atoms with E-state index in [0.717, 1.165) is 16.1 Å². The number of amides is 1. The van der Waals surface area contributed by atoms with E-state index in [4.69, 9.17) is 5.26 Å². The van der Waals surface area contributed by atoms with Gasteiger partial charge in [0.25, 0.3) is 0 Å². The summed E-state index contributed by atoms with van der Waals surface area (Å²) < 4.78 is 47.7. The second-order valence-corrected chi connectivity index (χ2v) is 12.7. The molecule has 1 aromatic heterocycles. The van der Waals surface area contributed by atoms with Crippen LogP contribution in [0, 0.1) is 17.2 Å². The third-order valence-corrected chi connectivity index (χ3v) is 9.47. The van der Waals surface area contributed by atoms with Gasteiger partial charge in [0.15, 0.2) is 0 Å². The fraction of sp³-hybridized carbons (Fsp3) is 0.542. The Morgan fingerprint density at radius 1 is 1.31 bits per heavy atom. The minimum absolute atomic E-state index is 0.0453. The first-order chi connectivity index (χ1) is 16.7. The van der Waals surface area contributed by atoms with Crippen molar-refractivity contribution in [2.45, 2.75) is 51.0 Å². The minimum atomic E-state index is -2.48. The molecule has 2 heterocycles. The van der Waals surface area contributed by atoms with Crippen LogP contribution in [0.25, 0.3) is 10.4 Å². The van der Waals surface area contributed by atoms with Crippen LogP contribution in [0.15, 0.2) is 24.3 Å². The van der Waals surface area contributed by atoms with E-state index in [-0.39, 0.29) is 18.2 Å². The number of rotatable bonds is 6. The van der Waals surface area contributed by atoms with Gasteiger partial charge in [-0.15, -0.1) is 11.3 Å². The second kappa shape index (κ2) is 10.8. The smallest absolute Gasteiger partial charge is 0.224 e. The van der Waals surface area contributed by atoms with Crippen LogP contribution in [-0.4, -0.2) is 56.8 Å². The minimum Gasteiger partial charge on any atom is -0.368 e. The predicted octanol–water partition coefficient (Wildman–Crippen LogP) is 5.10. The molecule has 35 heavy (non-hydrogen) atoms. The van der Waals surface area contributed by atoms with Crippen molar-refractivity contribution in [3.05, 3.63) is 35.0 Å². The fourth-order valence-electron chi connectivity index (χ4n) is 4.79. The number of alkyl halides is 2. The van der Waals surface area contributed by atoms with Gasteiger partial charge in [-0.2, -0.15) is 15.9 Å². The van der Waals surface area contributed by atoms with E-state index in [9.17, 15) is 22.7 Å². The molecule has 1 aliphatic carbocycles. The average molecular weight is 525 g/mol. The molecule has 1 aliphatic heterocycles. The zero-order chi connectivity index (χ0) is 25.2. The SMILES string of the molecule is C[C@@H](C#N)NC(=O)[C@@H]1C[C@@H](F)CC[C@H]1c1nc(CF)sc1-c1ccc(N2CCS(O)(O)CC2)cc1. The maximum atomic E-state index is 14.3. The summed E-state index contributed by atoms with van der Waals surface area (Å²) in [5, 5.41) is 12.0. The predicted molar refractivity (Wildman–Crippen MR) is 135 cm³/mol. The Bertz CT molecular complexity index is 1080. The summed E-state index contributed by atoms with van der Waals surface area (Å²) in [6, 6.07) is 9.02. The highest BCUT2D eigenvalue weighted by molar-refractivity contribution is 8.24. The van der Waals surface area contributed by atoms with E-state index in [1.165, 1.54) is 11.3 Å². The lowest BCUT2D eigenvalue weighted by Crippen LogP contribution is -2.41. The molecule has 4 rings (SSSR count). The monoisotopic (exact) mass is 524 g/mol. The molecule has 11 heteroatoms. The molecule has 1 saturated carbocycles. The van der Waals surface area contributed by atoms with Gasteiger partial charge in [0, 0.05) is 30.6 Å². The van der Waals surface area contributed by atoms with Gasteiger partial charge in [-0.3, -0.25) is 13.9 Å². The zero-order valence-corrected chi connectivity index (χ0v) is 21.1. The molecule has 190 valence electrons. The molecule has 2 aliphatic rings. The van der Waals surface area contributed by atoms with Crippen molar-refractivity contribution in [2.24, 2.45) is 5.92 Å². The molecule has 4 atom stereocenters. The van der Waals surface area contributed by atoms with E-state index < -0.39 is 35.4 Å². The van der Waals surface area contributed by atoms with Gasteiger partial charge in [0.2, 0.25) is 5.91 Å². The lowest BCUT2D eigenvalue weighted by molar-refractivity contribution is -0.127. The van der Waals surface area contributed by atoms with E-state index in [2.05, 4.69) is 15.2 Å². The summed E-state index contributed by atoms with van der Waals surface area (Å²) >= 11 is 1.24. The standard InChI is InChI=1S/C24H30F2N4O3S2/c1-15(14-27)28-24(31)20-12-17(26)4-7-19(20)22-23(34-21(13-25)29-22)16-2-5-18(6-3-16)30-8-10-35(32,33)11-9-30/h2-3,5-6,15,17,19-20,32-33H,4,7-13H2,1H3,(H,28,31)/t15-,17-,19+,20+/m0/s1. The molecule has 1 amide bonds. The van der Waals surface area contributed by atoms with Crippen LogP contribution in [0.5, 0.6) is 0 Å². The Balaban J connectivity index is 1.61. The third kappa shape index (κ3) is 5.94. The van der Waals surface area contributed by atoms with Gasteiger partial charge >= 0.3 is 0 Å². The highest BCUT2D eigenvalue weighted by atomic mass is 32.3. The lowest BCUT2D eigenvalue weighted by Gasteiger charge is -2.41. The van der Waals surface area contributed by atoms with Crippen molar-refractivity contribution in [2.75, 3.05) is 29.5 Å². The maximum Gasteiger partial charge on any atom is 0.224 e. The molecule has 2 aromatic rings. The van der Waals surface area contributed by atoms with Crippen molar-refractivity contribution in [1.29, 1.82) is 5.26 Å². The largest absolute Gasteiger partial charge is 0.368 e. The van der Waals surface area contributed by atoms with E-state index >= 15 is 0 Å². The molecule has 0 bridgehead atoms. The van der Waals surface area contributed by atoms with Crippen molar-refractivity contribution < 1.29 is 22.7 Å². The summed E-state index contributed by atoms with van der Waals surface area (Å²) in [6.07, 6.45) is -0.341. The van der Waals surface area contributed by atoms with Crippen molar-refractivity contribution in [1.82, 2.24) is 10.3 Å². The van der Waals surface area contributed by atoms with Crippen LogP contribution in [0.2, 0.25) is 0 Å². The number of thiazole rings is 1. The van der Waals surface area contributed by atoms with Crippen LogP contribution in [0.4, 0.5) is 14.5 Å². The Kier molecular flexibility index (Phi) is 7.96. The molecule has 0 unspecified atom stereocenters. The van der Waals surface area contributed by atoms with Crippen molar-refractivity contribution in [3.63, 3.8) is 0 Å². The van der Waals surface area contributed by atoms with Crippen molar-refractivity contribution in [3.8, 4) is 16.5 Å². The third-order valence-electron chi connectivity index (χ3n) is 6.71. The normalized spacial score (nSPS) is 25.9. The number of halogens is 2. The number of hydrogen-bond donors (Lipinski definition) is 3. The number of nitrogens with one attached hydrogen (secondary N) is 1. The molecule has 0 spiro atoms. The summed E-state index contributed by atoms with van der Waals surface area (Å²) in [7, 11) is -2.48. The molecule has 0 radical (unpaired) electrons. The van der Waals surface area contributed by atoms with E-state index in [0.29, 0.717) is 48.1 Å². The first-order valence-electron chi connectivity index (χ1n) is 11.7. The zero-order valence-electron chi connectivity index (χ0n) is 19.5. The number of anilines is 1. The number of hydrogen-bond acceptors (Lipinski definition) is 7. The molecular formula is C24H30F2N4O3S2. The van der Waals surface area contributed by atoms with E-state index in [1.807, 2.05) is 30.3 Å². The van der Waals surface area contributed by atoms with Gasteiger partial charge < -0.3 is 10.2 Å². The molecule has 1 saturated heterocycles. The summed E-state index contributed by atoms with van der Waals surface area (Å²) in [5.74, 6) is -0.738. The number of carbonyl (C=O) groups is 1. The maximum absolute atomic E-state index is 14.3. The molecular weight excluding hydrogens is 494 g/mol. The van der Waals surface area contributed by atoms with Crippen LogP contribution in [-0.2, 0) is 11.5 Å². The molecule has 2 fully saturated rings. The van der Waals surface area contributed by atoms with Gasteiger partial charge in [0.05, 0.1) is 28.1 Å². The van der Waals surface area contributed by atoms with Crippen LogP contribution >= 0.6 is 21.9 Å². The van der Waals surface area contributed by atoms with Crippen molar-refractivity contribution >= 4 is 33.5 Å². The molecule has 7 nitrogen and oxygen atoms in total. The Morgan fingerprint density at radius 2 is 2.00 bits per heavy atom. The summed E-state index contributed by atoms with van der Waals surface area (Å²) in [5.41, 5.74) is 2.41. The highest BCUT2D eigenvalue weighted by Gasteiger charge is 2.39. The number of carbonyl (C=O) groups excluding carboxylic acids is 1. The van der Waals surface area contributed by atoms with Gasteiger partial charge in [-0.25, -0.2) is 13.8 Å². The Labute approximate surface area is 209 Å². The van der Waals surface area contributed by atoms with Crippen LogP contribution in [0.1, 0.15) is 42.8 Å². The van der Waals surface area contributed by atoms with E-state index in [1.54, 1.807) is 6.92 Å². The van der Waals surface area contributed by atoms with Crippen LogP contribution < -0.4 is 10.2 Å². The lowest BCUT2D eigenvalue weighted by atomic mass is 9.75. The first kappa shape index (κ1) is 25.8. The number of aromatic nitrogens is 1. The first-order valence-corrected chi connectivity index (χ1v) is 14.4. The van der Waals surface area contributed by atoms with Gasteiger partial charge in [-0.1, -0.05) is 12.1 Å². The van der Waals surface area contributed by atoms with Crippen LogP contribution in [0.3, 0.4) is 0 Å². The highest BCUT2D eigenvalue weighted by Crippen LogP contribution is 2.45. The summed E-state index contributed by atoms with van der Waals surface area (Å²) in [6.45, 7) is 1.97. The number of nitriles is 1. The second-order valence-electron chi connectivity index (χ2n) is 9.18. The van der Waals surface area contributed by atoms with Gasteiger partial charge in [0.1, 0.15) is 23.9 Å². The Morgan fingerprint density at radius 3 is 2.63 bits per heavy atom. The number of benzene rings is 1. The number of nitrogens with zero attached hydrogens (tertiary/aromatic N) is 3. The molecule has 1 aromatic carbocycles. The van der Waals surface area contributed by atoms with Gasteiger partial charge in [-0.05, 0) is 43.9 Å².